The van der Waals surface area contributed by atoms with Gasteiger partial charge in [0.25, 0.3) is 5.91 Å². The van der Waals surface area contributed by atoms with Crippen molar-refractivity contribution < 1.29 is 14.3 Å². The zero-order valence-corrected chi connectivity index (χ0v) is 16.4. The smallest absolute Gasteiger partial charge is 0.339 e. The molecule has 29 heavy (non-hydrogen) atoms. The Morgan fingerprint density at radius 2 is 1.97 bits per heavy atom. The van der Waals surface area contributed by atoms with Gasteiger partial charge in [0.15, 0.2) is 6.61 Å². The van der Waals surface area contributed by atoms with Crippen molar-refractivity contribution >= 4 is 34.0 Å². The number of carbonyl (C=O) groups is 2. The third-order valence-corrected chi connectivity index (χ3v) is 5.19. The van der Waals surface area contributed by atoms with Crippen LogP contribution in [0, 0.1) is 6.92 Å². The van der Waals surface area contributed by atoms with Crippen LogP contribution in [0.2, 0.25) is 0 Å². The van der Waals surface area contributed by atoms with Crippen LogP contribution in [0.4, 0.5) is 11.4 Å². The highest BCUT2D eigenvalue weighted by Crippen LogP contribution is 2.25. The van der Waals surface area contributed by atoms with E-state index in [1.165, 1.54) is 18.5 Å². The van der Waals surface area contributed by atoms with E-state index in [9.17, 15) is 9.59 Å². The summed E-state index contributed by atoms with van der Waals surface area (Å²) < 4.78 is 5.24. The fourth-order valence-electron chi connectivity index (χ4n) is 3.66. The molecule has 1 aliphatic rings. The van der Waals surface area contributed by atoms with E-state index in [1.807, 2.05) is 25.1 Å². The molecule has 148 valence electrons. The van der Waals surface area contributed by atoms with Crippen molar-refractivity contribution in [1.82, 2.24) is 4.98 Å². The molecule has 0 bridgehead atoms. The van der Waals surface area contributed by atoms with E-state index in [0.717, 1.165) is 35.1 Å². The summed E-state index contributed by atoms with van der Waals surface area (Å²) in [6, 6.07) is 13.1. The number of hydrogen-bond acceptors (Lipinski definition) is 5. The molecular weight excluding hydrogens is 366 g/mol. The Labute approximate surface area is 169 Å². The van der Waals surface area contributed by atoms with Crippen molar-refractivity contribution in [1.29, 1.82) is 0 Å². The number of esters is 1. The van der Waals surface area contributed by atoms with Crippen molar-refractivity contribution in [3.63, 3.8) is 0 Å². The number of carbonyl (C=O) groups excluding carboxylic acids is 2. The molecule has 2 aromatic carbocycles. The lowest BCUT2D eigenvalue weighted by molar-refractivity contribution is -0.119. The SMILES string of the molecule is Cc1cc(N2CCCC2)ccc1NC(=O)COC(=O)c1cccc2cnccc12. The number of nitrogens with zero attached hydrogens (tertiary/aromatic N) is 2. The summed E-state index contributed by atoms with van der Waals surface area (Å²) in [7, 11) is 0. The van der Waals surface area contributed by atoms with Gasteiger partial charge in [-0.3, -0.25) is 9.78 Å². The Kier molecular flexibility index (Phi) is 5.42. The lowest BCUT2D eigenvalue weighted by atomic mass is 10.1. The van der Waals surface area contributed by atoms with Crippen LogP contribution in [0.5, 0.6) is 0 Å². The molecule has 0 radical (unpaired) electrons. The Balaban J connectivity index is 1.38. The summed E-state index contributed by atoms with van der Waals surface area (Å²) in [5, 5.41) is 4.43. The van der Waals surface area contributed by atoms with Gasteiger partial charge in [0.1, 0.15) is 0 Å². The molecule has 0 aliphatic carbocycles. The molecule has 1 amide bonds. The van der Waals surface area contributed by atoms with E-state index in [2.05, 4.69) is 21.3 Å². The Morgan fingerprint density at radius 3 is 2.76 bits per heavy atom. The normalized spacial score (nSPS) is 13.5. The minimum Gasteiger partial charge on any atom is -0.452 e. The van der Waals surface area contributed by atoms with E-state index in [1.54, 1.807) is 30.6 Å². The molecule has 0 spiro atoms. The average molecular weight is 389 g/mol. The molecule has 4 rings (SSSR count). The van der Waals surface area contributed by atoms with Crippen LogP contribution in [-0.4, -0.2) is 36.6 Å². The highest BCUT2D eigenvalue weighted by Gasteiger charge is 2.16. The molecule has 1 N–H and O–H groups in total. The highest BCUT2D eigenvalue weighted by molar-refractivity contribution is 6.05. The number of ether oxygens (including phenoxy) is 1. The number of nitrogens with one attached hydrogen (secondary N) is 1. The highest BCUT2D eigenvalue weighted by atomic mass is 16.5. The van der Waals surface area contributed by atoms with E-state index in [-0.39, 0.29) is 12.5 Å². The van der Waals surface area contributed by atoms with Crippen molar-refractivity contribution in [3.8, 4) is 0 Å². The van der Waals surface area contributed by atoms with E-state index >= 15 is 0 Å². The number of benzene rings is 2. The van der Waals surface area contributed by atoms with Crippen molar-refractivity contribution in [2.45, 2.75) is 19.8 Å². The minimum atomic E-state index is -0.530. The first kappa shape index (κ1) is 18.9. The van der Waals surface area contributed by atoms with E-state index < -0.39 is 5.97 Å². The lowest BCUT2D eigenvalue weighted by Crippen LogP contribution is -2.22. The second-order valence-electron chi connectivity index (χ2n) is 7.22. The van der Waals surface area contributed by atoms with Gasteiger partial charge in [-0.2, -0.15) is 0 Å². The van der Waals surface area contributed by atoms with Crippen LogP contribution >= 0.6 is 0 Å². The summed E-state index contributed by atoms with van der Waals surface area (Å²) in [6.45, 7) is 3.77. The zero-order chi connectivity index (χ0) is 20.2. The van der Waals surface area contributed by atoms with Crippen molar-refractivity contribution in [2.75, 3.05) is 29.9 Å². The number of fused-ring (bicyclic) bond motifs is 1. The van der Waals surface area contributed by atoms with Gasteiger partial charge < -0.3 is 15.0 Å². The third kappa shape index (κ3) is 4.21. The first-order valence-electron chi connectivity index (χ1n) is 9.77. The summed E-state index contributed by atoms with van der Waals surface area (Å²) in [5.41, 5.74) is 3.31. The molecular formula is C23H23N3O3. The lowest BCUT2D eigenvalue weighted by Gasteiger charge is -2.19. The fourth-order valence-corrected chi connectivity index (χ4v) is 3.66. The molecule has 6 nitrogen and oxygen atoms in total. The molecule has 0 unspecified atom stereocenters. The molecule has 1 saturated heterocycles. The number of amides is 1. The van der Waals surface area contributed by atoms with Crippen LogP contribution in [0.1, 0.15) is 28.8 Å². The molecule has 1 aliphatic heterocycles. The fraction of sp³-hybridized carbons (Fsp3) is 0.261. The second-order valence-corrected chi connectivity index (χ2v) is 7.22. The Bertz CT molecular complexity index is 1050. The quantitative estimate of drug-likeness (QED) is 0.669. The molecule has 3 aromatic rings. The maximum Gasteiger partial charge on any atom is 0.339 e. The summed E-state index contributed by atoms with van der Waals surface area (Å²) >= 11 is 0. The number of hydrogen-bond donors (Lipinski definition) is 1. The maximum atomic E-state index is 12.4. The number of pyridine rings is 1. The molecule has 6 heteroatoms. The molecule has 0 saturated carbocycles. The van der Waals surface area contributed by atoms with Gasteiger partial charge in [-0.15, -0.1) is 0 Å². The predicted molar refractivity (Wildman–Crippen MR) is 113 cm³/mol. The third-order valence-electron chi connectivity index (χ3n) is 5.19. The molecule has 0 atom stereocenters. The van der Waals surface area contributed by atoms with Gasteiger partial charge in [-0.05, 0) is 61.0 Å². The summed E-state index contributed by atoms with van der Waals surface area (Å²) in [4.78, 5) is 31.1. The first-order valence-corrected chi connectivity index (χ1v) is 9.77. The van der Waals surface area contributed by atoms with Gasteiger partial charge in [0.05, 0.1) is 5.56 Å². The van der Waals surface area contributed by atoms with Gasteiger partial charge in [-0.1, -0.05) is 12.1 Å². The minimum absolute atomic E-state index is 0.340. The standard InChI is InChI=1S/C23H23N3O3/c1-16-13-18(26-11-2-3-12-26)7-8-21(16)25-22(27)15-29-23(28)20-6-4-5-17-14-24-10-9-19(17)20/h4-10,13-14H,2-3,11-12,15H2,1H3,(H,25,27). The van der Waals surface area contributed by atoms with Gasteiger partial charge in [0, 0.05) is 42.2 Å². The van der Waals surface area contributed by atoms with Gasteiger partial charge >= 0.3 is 5.97 Å². The van der Waals surface area contributed by atoms with Crippen molar-refractivity contribution in [2.24, 2.45) is 0 Å². The van der Waals surface area contributed by atoms with Crippen LogP contribution in [0.25, 0.3) is 10.8 Å². The summed E-state index contributed by atoms with van der Waals surface area (Å²) in [5.74, 6) is -0.893. The van der Waals surface area contributed by atoms with Crippen LogP contribution in [0.15, 0.2) is 54.9 Å². The number of rotatable bonds is 5. The molecule has 2 heterocycles. The molecule has 1 fully saturated rings. The van der Waals surface area contributed by atoms with Gasteiger partial charge in [-0.25, -0.2) is 4.79 Å². The average Bonchev–Trinajstić information content (AvgIpc) is 3.28. The topological polar surface area (TPSA) is 71.5 Å². The number of aryl methyl sites for hydroxylation is 1. The maximum absolute atomic E-state index is 12.4. The van der Waals surface area contributed by atoms with Gasteiger partial charge in [0.2, 0.25) is 0 Å². The van der Waals surface area contributed by atoms with Crippen LogP contribution in [0.3, 0.4) is 0 Å². The van der Waals surface area contributed by atoms with E-state index in [0.29, 0.717) is 5.56 Å². The second kappa shape index (κ2) is 8.31. The van der Waals surface area contributed by atoms with Crippen LogP contribution < -0.4 is 10.2 Å². The Hall–Kier alpha value is -3.41. The molecule has 1 aromatic heterocycles. The summed E-state index contributed by atoms with van der Waals surface area (Å²) in [6.07, 6.45) is 5.75. The Morgan fingerprint density at radius 1 is 1.14 bits per heavy atom. The van der Waals surface area contributed by atoms with Crippen molar-refractivity contribution in [3.05, 3.63) is 66.0 Å². The monoisotopic (exact) mass is 389 g/mol. The van der Waals surface area contributed by atoms with E-state index in [4.69, 9.17) is 4.74 Å². The predicted octanol–water partition coefficient (Wildman–Crippen LogP) is 3.94. The number of aromatic nitrogens is 1. The largest absolute Gasteiger partial charge is 0.452 e. The zero-order valence-electron chi connectivity index (χ0n) is 16.4. The number of anilines is 2. The first-order chi connectivity index (χ1) is 14.1. The van der Waals surface area contributed by atoms with Crippen LogP contribution in [-0.2, 0) is 9.53 Å².